The van der Waals surface area contributed by atoms with Crippen LogP contribution in [0.4, 0.5) is 15.8 Å². The van der Waals surface area contributed by atoms with Crippen LogP contribution in [0.25, 0.3) is 0 Å². The number of carbonyl (C=O) groups is 1. The van der Waals surface area contributed by atoms with Crippen LogP contribution in [0.3, 0.4) is 0 Å². The summed E-state index contributed by atoms with van der Waals surface area (Å²) in [6.45, 7) is 0. The van der Waals surface area contributed by atoms with E-state index in [9.17, 15) is 19.3 Å². The summed E-state index contributed by atoms with van der Waals surface area (Å²) >= 11 is 5.28. The van der Waals surface area contributed by atoms with Crippen molar-refractivity contribution in [2.75, 3.05) is 5.32 Å². The van der Waals surface area contributed by atoms with Gasteiger partial charge in [-0.1, -0.05) is 0 Å². The number of non-ortho nitro benzene ring substituents is 1. The molecule has 0 aliphatic rings. The van der Waals surface area contributed by atoms with Gasteiger partial charge in [0.25, 0.3) is 11.6 Å². The first kappa shape index (κ1) is 15.8. The Hall–Kier alpha value is -1.55. The topological polar surface area (TPSA) is 72.2 Å². The van der Waals surface area contributed by atoms with E-state index >= 15 is 0 Å². The van der Waals surface area contributed by atoms with Crippen LogP contribution < -0.4 is 5.32 Å². The number of nitrogens with zero attached hydrogens (tertiary/aromatic N) is 1. The van der Waals surface area contributed by atoms with Crippen LogP contribution in [-0.2, 0) is 0 Å². The fraction of sp³-hybridized carbons (Fsp3) is 0. The van der Waals surface area contributed by atoms with Crippen molar-refractivity contribution in [2.24, 2.45) is 0 Å². The lowest BCUT2D eigenvalue weighted by Gasteiger charge is -2.08. The first-order valence-electron chi connectivity index (χ1n) is 5.59. The van der Waals surface area contributed by atoms with Gasteiger partial charge < -0.3 is 5.32 Å². The van der Waals surface area contributed by atoms with E-state index in [1.54, 1.807) is 18.2 Å². The van der Waals surface area contributed by atoms with Crippen LogP contribution in [0.2, 0.25) is 0 Å². The zero-order valence-corrected chi connectivity index (χ0v) is 14.0. The molecule has 1 amide bonds. The molecule has 0 aliphatic carbocycles. The molecule has 2 rings (SSSR count). The smallest absolute Gasteiger partial charge is 0.271 e. The molecule has 0 radical (unpaired) electrons. The van der Waals surface area contributed by atoms with Crippen molar-refractivity contribution < 1.29 is 14.1 Å². The Balaban J connectivity index is 2.33. The van der Waals surface area contributed by atoms with Crippen molar-refractivity contribution in [3.63, 3.8) is 0 Å². The molecule has 0 spiro atoms. The summed E-state index contributed by atoms with van der Waals surface area (Å²) in [5.41, 5.74) is -0.221. The zero-order chi connectivity index (χ0) is 15.6. The summed E-state index contributed by atoms with van der Waals surface area (Å²) in [5.74, 6) is -1.30. The van der Waals surface area contributed by atoms with Crippen LogP contribution in [0.1, 0.15) is 10.4 Å². The largest absolute Gasteiger partial charge is 0.319 e. The quantitative estimate of drug-likeness (QED) is 0.417. The number of carbonyl (C=O) groups excluding carboxylic acids is 1. The molecule has 0 aromatic heterocycles. The van der Waals surface area contributed by atoms with E-state index in [4.69, 9.17) is 0 Å². The van der Waals surface area contributed by atoms with Crippen molar-refractivity contribution >= 4 is 55.8 Å². The normalized spacial score (nSPS) is 10.2. The minimum absolute atomic E-state index is 0.236. The van der Waals surface area contributed by atoms with Crippen molar-refractivity contribution in [1.29, 1.82) is 0 Å². The van der Waals surface area contributed by atoms with Gasteiger partial charge in [0.1, 0.15) is 5.82 Å². The highest BCUT2D eigenvalue weighted by Gasteiger charge is 2.16. The molecule has 21 heavy (non-hydrogen) atoms. The van der Waals surface area contributed by atoms with E-state index in [-0.39, 0.29) is 11.4 Å². The maximum absolute atomic E-state index is 13.6. The van der Waals surface area contributed by atoms with Gasteiger partial charge in [0, 0.05) is 20.2 Å². The molecule has 108 valence electrons. The first-order chi connectivity index (χ1) is 9.88. The highest BCUT2D eigenvalue weighted by atomic mass is 127. The van der Waals surface area contributed by atoms with E-state index in [2.05, 4.69) is 21.2 Å². The fourth-order valence-electron chi connectivity index (χ4n) is 1.58. The number of hydrogen-bond acceptors (Lipinski definition) is 3. The Bertz CT molecular complexity index is 739. The van der Waals surface area contributed by atoms with Crippen LogP contribution in [0, 0.1) is 19.5 Å². The number of hydrogen-bond donors (Lipinski definition) is 1. The molecule has 0 aliphatic heterocycles. The van der Waals surface area contributed by atoms with Crippen LogP contribution >= 0.6 is 38.5 Å². The van der Waals surface area contributed by atoms with Gasteiger partial charge in [0.05, 0.1) is 16.2 Å². The third kappa shape index (κ3) is 3.76. The number of rotatable bonds is 3. The van der Waals surface area contributed by atoms with Gasteiger partial charge in [0.2, 0.25) is 0 Å². The van der Waals surface area contributed by atoms with E-state index in [1.807, 2.05) is 22.6 Å². The Kier molecular flexibility index (Phi) is 4.88. The Labute approximate surface area is 141 Å². The Morgan fingerprint density at radius 1 is 1.29 bits per heavy atom. The molecule has 0 unspecified atom stereocenters. The molecular weight excluding hydrogens is 458 g/mol. The second kappa shape index (κ2) is 6.48. The highest BCUT2D eigenvalue weighted by Crippen LogP contribution is 2.24. The number of benzene rings is 2. The molecule has 0 atom stereocenters. The van der Waals surface area contributed by atoms with Crippen molar-refractivity contribution in [2.45, 2.75) is 0 Å². The fourth-order valence-corrected chi connectivity index (χ4v) is 2.50. The van der Waals surface area contributed by atoms with E-state index in [0.29, 0.717) is 10.0 Å². The number of anilines is 1. The van der Waals surface area contributed by atoms with Crippen molar-refractivity contribution in [1.82, 2.24) is 0 Å². The molecule has 0 fully saturated rings. The number of nitro groups is 1. The monoisotopic (exact) mass is 464 g/mol. The molecule has 2 aromatic rings. The molecule has 0 heterocycles. The van der Waals surface area contributed by atoms with Gasteiger partial charge in [-0.15, -0.1) is 0 Å². The molecule has 0 bridgehead atoms. The van der Waals surface area contributed by atoms with Gasteiger partial charge >= 0.3 is 0 Å². The van der Waals surface area contributed by atoms with Gasteiger partial charge in [-0.05, 0) is 62.8 Å². The highest BCUT2D eigenvalue weighted by molar-refractivity contribution is 14.1. The van der Waals surface area contributed by atoms with E-state index in [1.165, 1.54) is 0 Å². The standard InChI is InChI=1S/C13H7BrFIN2O3/c14-10-3-1-7(16)5-9(10)13(19)17-12-6-8(18(20)21)2-4-11(12)15/h1-6H,(H,17,19). The second-order valence-corrected chi connectivity index (χ2v) is 6.10. The summed E-state index contributed by atoms with van der Waals surface area (Å²) in [5, 5.41) is 13.0. The average Bonchev–Trinajstić information content (AvgIpc) is 2.43. The van der Waals surface area contributed by atoms with Gasteiger partial charge in [-0.3, -0.25) is 14.9 Å². The van der Waals surface area contributed by atoms with Crippen LogP contribution in [0.15, 0.2) is 40.9 Å². The maximum atomic E-state index is 13.6. The third-order valence-corrected chi connectivity index (χ3v) is 3.94. The van der Waals surface area contributed by atoms with Gasteiger partial charge in [-0.2, -0.15) is 0 Å². The SMILES string of the molecule is O=C(Nc1cc([N+](=O)[O-])ccc1F)c1cc(I)ccc1Br. The van der Waals surface area contributed by atoms with E-state index in [0.717, 1.165) is 21.8 Å². The van der Waals surface area contributed by atoms with Crippen LogP contribution in [-0.4, -0.2) is 10.8 Å². The van der Waals surface area contributed by atoms with Crippen LogP contribution in [0.5, 0.6) is 0 Å². The maximum Gasteiger partial charge on any atom is 0.271 e. The Morgan fingerprint density at radius 2 is 2.00 bits per heavy atom. The third-order valence-electron chi connectivity index (χ3n) is 2.58. The lowest BCUT2D eigenvalue weighted by Crippen LogP contribution is -2.14. The predicted octanol–water partition coefficient (Wildman–Crippen LogP) is 4.35. The average molecular weight is 465 g/mol. The summed E-state index contributed by atoms with van der Waals surface area (Å²) in [4.78, 5) is 22.2. The summed E-state index contributed by atoms with van der Waals surface area (Å²) in [6.07, 6.45) is 0. The number of halogens is 3. The summed E-state index contributed by atoms with van der Waals surface area (Å²) in [6, 6.07) is 8.07. The Morgan fingerprint density at radius 3 is 2.67 bits per heavy atom. The summed E-state index contributed by atoms with van der Waals surface area (Å²) in [7, 11) is 0. The molecule has 8 heteroatoms. The van der Waals surface area contributed by atoms with Crippen molar-refractivity contribution in [3.05, 3.63) is 65.9 Å². The number of nitrogens with one attached hydrogen (secondary N) is 1. The molecular formula is C13H7BrFIN2O3. The van der Waals surface area contributed by atoms with Gasteiger partial charge in [0.15, 0.2) is 0 Å². The second-order valence-electron chi connectivity index (χ2n) is 4.00. The lowest BCUT2D eigenvalue weighted by molar-refractivity contribution is -0.384. The first-order valence-corrected chi connectivity index (χ1v) is 7.46. The minimum atomic E-state index is -0.740. The lowest BCUT2D eigenvalue weighted by atomic mass is 10.2. The molecule has 1 N–H and O–H groups in total. The zero-order valence-electron chi connectivity index (χ0n) is 10.3. The predicted molar refractivity (Wildman–Crippen MR) is 87.9 cm³/mol. The van der Waals surface area contributed by atoms with Gasteiger partial charge in [-0.25, -0.2) is 4.39 Å². The molecule has 2 aromatic carbocycles. The van der Waals surface area contributed by atoms with E-state index < -0.39 is 16.6 Å². The summed E-state index contributed by atoms with van der Waals surface area (Å²) < 4.78 is 15.0. The minimum Gasteiger partial charge on any atom is -0.319 e. The number of amides is 1. The molecule has 5 nitrogen and oxygen atoms in total. The van der Waals surface area contributed by atoms with Crippen molar-refractivity contribution in [3.8, 4) is 0 Å². The molecule has 0 saturated carbocycles. The number of nitro benzene ring substituents is 1. The molecule has 0 saturated heterocycles.